The van der Waals surface area contributed by atoms with Crippen molar-refractivity contribution < 1.29 is 8.42 Å². The van der Waals surface area contributed by atoms with Crippen molar-refractivity contribution in [3.63, 3.8) is 0 Å². The monoisotopic (exact) mass is 316 g/mol. The second kappa shape index (κ2) is 4.80. The van der Waals surface area contributed by atoms with Crippen LogP contribution in [0.1, 0.15) is 24.1 Å². The number of hydrogen-bond acceptors (Lipinski definition) is 4. The van der Waals surface area contributed by atoms with Crippen LogP contribution in [0.3, 0.4) is 0 Å². The van der Waals surface area contributed by atoms with Gasteiger partial charge in [-0.05, 0) is 36.8 Å². The van der Waals surface area contributed by atoms with Gasteiger partial charge in [0.15, 0.2) is 0 Å². The summed E-state index contributed by atoms with van der Waals surface area (Å²) in [6.07, 6.45) is 3.58. The fraction of sp³-hybridized carbons (Fsp3) is 0.583. The summed E-state index contributed by atoms with van der Waals surface area (Å²) in [6, 6.07) is 3.30. The molecule has 1 saturated carbocycles. The van der Waals surface area contributed by atoms with Crippen LogP contribution in [0.15, 0.2) is 16.3 Å². The lowest BCUT2D eigenvalue weighted by molar-refractivity contribution is 0.447. The van der Waals surface area contributed by atoms with Crippen LogP contribution >= 0.6 is 23.6 Å². The van der Waals surface area contributed by atoms with E-state index in [1.807, 2.05) is 0 Å². The van der Waals surface area contributed by atoms with Crippen molar-refractivity contribution in [2.24, 2.45) is 17.6 Å². The molecule has 0 spiro atoms. The molecule has 2 fully saturated rings. The molecule has 1 aliphatic carbocycles. The molecule has 3 rings (SSSR count). The van der Waals surface area contributed by atoms with E-state index in [4.69, 9.17) is 18.0 Å². The van der Waals surface area contributed by atoms with E-state index in [0.717, 1.165) is 0 Å². The van der Waals surface area contributed by atoms with Gasteiger partial charge in [-0.2, -0.15) is 4.31 Å². The molecule has 0 aromatic carbocycles. The fourth-order valence-corrected chi connectivity index (χ4v) is 6.17. The van der Waals surface area contributed by atoms with Gasteiger partial charge in [-0.15, -0.1) is 11.3 Å². The third kappa shape index (κ3) is 2.33. The lowest BCUT2D eigenvalue weighted by Crippen LogP contribution is -2.29. The summed E-state index contributed by atoms with van der Waals surface area (Å²) < 4.78 is 27.1. The average Bonchev–Trinajstić information content (AvgIpc) is 3.04. The van der Waals surface area contributed by atoms with Crippen LogP contribution in [0, 0.1) is 11.8 Å². The Hall–Kier alpha value is -0.500. The Labute approximate surface area is 122 Å². The molecule has 4 nitrogen and oxygen atoms in total. The molecule has 19 heavy (non-hydrogen) atoms. The SMILES string of the molecule is NC(=S)c1ccc(S(=O)(=O)N2CC3CCCC3C2)s1. The molecule has 2 N–H and O–H groups in total. The Balaban J connectivity index is 1.84. The predicted molar refractivity (Wildman–Crippen MR) is 79.8 cm³/mol. The molecular weight excluding hydrogens is 300 g/mol. The summed E-state index contributed by atoms with van der Waals surface area (Å²) >= 11 is 6.05. The third-order valence-electron chi connectivity index (χ3n) is 4.11. The van der Waals surface area contributed by atoms with Gasteiger partial charge in [-0.25, -0.2) is 8.42 Å². The second-order valence-corrected chi connectivity index (χ2v) is 8.94. The standard InChI is InChI=1S/C12H16N2O2S3/c13-12(17)10-4-5-11(18-10)19(15,16)14-6-8-2-1-3-9(8)7-14/h4-5,8-9H,1-3,6-7H2,(H2,13,17). The molecule has 1 saturated heterocycles. The zero-order valence-electron chi connectivity index (χ0n) is 10.4. The first-order valence-electron chi connectivity index (χ1n) is 6.38. The molecule has 0 bridgehead atoms. The van der Waals surface area contributed by atoms with Crippen LogP contribution in [0.4, 0.5) is 0 Å². The summed E-state index contributed by atoms with van der Waals surface area (Å²) in [5.41, 5.74) is 5.53. The number of hydrogen-bond donors (Lipinski definition) is 1. The van der Waals surface area contributed by atoms with Crippen LogP contribution in [-0.2, 0) is 10.0 Å². The topological polar surface area (TPSA) is 63.4 Å². The molecule has 104 valence electrons. The smallest absolute Gasteiger partial charge is 0.252 e. The van der Waals surface area contributed by atoms with Gasteiger partial charge in [0.1, 0.15) is 9.20 Å². The molecule has 2 heterocycles. The minimum absolute atomic E-state index is 0.254. The van der Waals surface area contributed by atoms with Gasteiger partial charge in [0.25, 0.3) is 10.0 Å². The molecule has 2 unspecified atom stereocenters. The quantitative estimate of drug-likeness (QED) is 0.864. The molecule has 2 atom stereocenters. The Kier molecular flexibility index (Phi) is 3.41. The van der Waals surface area contributed by atoms with Crippen molar-refractivity contribution in [2.45, 2.75) is 23.5 Å². The van der Waals surface area contributed by atoms with Gasteiger partial charge in [0.05, 0.1) is 4.88 Å². The van der Waals surface area contributed by atoms with Gasteiger partial charge in [0.2, 0.25) is 0 Å². The number of thiophene rings is 1. The second-order valence-electron chi connectivity index (χ2n) is 5.26. The highest BCUT2D eigenvalue weighted by molar-refractivity contribution is 7.91. The highest BCUT2D eigenvalue weighted by Gasteiger charge is 2.41. The van der Waals surface area contributed by atoms with Crippen molar-refractivity contribution in [3.8, 4) is 0 Å². The van der Waals surface area contributed by atoms with E-state index in [1.54, 1.807) is 16.4 Å². The molecule has 2 aliphatic rings. The third-order valence-corrected chi connectivity index (χ3v) is 7.88. The average molecular weight is 316 g/mol. The van der Waals surface area contributed by atoms with E-state index in [-0.39, 0.29) is 4.99 Å². The zero-order chi connectivity index (χ0) is 13.6. The fourth-order valence-electron chi connectivity index (χ4n) is 3.11. The van der Waals surface area contributed by atoms with E-state index in [2.05, 4.69) is 0 Å². The van der Waals surface area contributed by atoms with Gasteiger partial charge in [0, 0.05) is 13.1 Å². The highest BCUT2D eigenvalue weighted by Crippen LogP contribution is 2.40. The number of fused-ring (bicyclic) bond motifs is 1. The van der Waals surface area contributed by atoms with E-state index in [1.165, 1.54) is 30.6 Å². The Morgan fingerprint density at radius 1 is 1.32 bits per heavy atom. The first-order valence-corrected chi connectivity index (χ1v) is 9.05. The molecule has 1 aliphatic heterocycles. The normalized spacial score (nSPS) is 27.6. The van der Waals surface area contributed by atoms with Crippen molar-refractivity contribution in [3.05, 3.63) is 17.0 Å². The van der Waals surface area contributed by atoms with Gasteiger partial charge in [-0.1, -0.05) is 18.6 Å². The molecule has 1 aromatic rings. The molecule has 1 aromatic heterocycles. The van der Waals surface area contributed by atoms with E-state index >= 15 is 0 Å². The van der Waals surface area contributed by atoms with Crippen molar-refractivity contribution in [2.75, 3.05) is 13.1 Å². The maximum atomic E-state index is 12.6. The summed E-state index contributed by atoms with van der Waals surface area (Å²) in [5.74, 6) is 1.12. The largest absolute Gasteiger partial charge is 0.389 e. The number of rotatable bonds is 3. The number of nitrogens with zero attached hydrogens (tertiary/aromatic N) is 1. The predicted octanol–water partition coefficient (Wildman–Crippen LogP) is 1.80. The first-order chi connectivity index (χ1) is 8.98. The van der Waals surface area contributed by atoms with E-state index in [0.29, 0.717) is 34.0 Å². The lowest BCUT2D eigenvalue weighted by atomic mass is 10.0. The molecule has 7 heteroatoms. The Bertz CT molecular complexity index is 596. The number of thiocarbonyl (C=S) groups is 1. The van der Waals surface area contributed by atoms with Crippen molar-refractivity contribution in [1.82, 2.24) is 4.31 Å². The van der Waals surface area contributed by atoms with Gasteiger partial charge < -0.3 is 5.73 Å². The molecular formula is C12H16N2O2S3. The highest BCUT2D eigenvalue weighted by atomic mass is 32.2. The molecule has 0 radical (unpaired) electrons. The number of nitrogens with two attached hydrogens (primary N) is 1. The summed E-state index contributed by atoms with van der Waals surface area (Å²) in [7, 11) is -3.36. The Morgan fingerprint density at radius 2 is 1.95 bits per heavy atom. The first kappa shape index (κ1) is 13.5. The van der Waals surface area contributed by atoms with Crippen LogP contribution in [-0.4, -0.2) is 30.8 Å². The summed E-state index contributed by atoms with van der Waals surface area (Å²) in [6.45, 7) is 1.35. The van der Waals surface area contributed by atoms with Crippen LogP contribution in [0.2, 0.25) is 0 Å². The lowest BCUT2D eigenvalue weighted by Gasteiger charge is -2.15. The van der Waals surface area contributed by atoms with Crippen LogP contribution < -0.4 is 5.73 Å². The zero-order valence-corrected chi connectivity index (χ0v) is 12.9. The number of sulfonamides is 1. The van der Waals surface area contributed by atoms with Crippen LogP contribution in [0.5, 0.6) is 0 Å². The maximum Gasteiger partial charge on any atom is 0.252 e. The minimum atomic E-state index is -3.36. The summed E-state index contributed by atoms with van der Waals surface area (Å²) in [5, 5.41) is 0. The molecule has 0 amide bonds. The maximum absolute atomic E-state index is 12.6. The Morgan fingerprint density at radius 3 is 2.47 bits per heavy atom. The van der Waals surface area contributed by atoms with E-state index < -0.39 is 10.0 Å². The van der Waals surface area contributed by atoms with E-state index in [9.17, 15) is 8.42 Å². The van der Waals surface area contributed by atoms with Crippen molar-refractivity contribution in [1.29, 1.82) is 0 Å². The minimum Gasteiger partial charge on any atom is -0.389 e. The van der Waals surface area contributed by atoms with Gasteiger partial charge >= 0.3 is 0 Å². The van der Waals surface area contributed by atoms with Crippen LogP contribution in [0.25, 0.3) is 0 Å². The summed E-state index contributed by atoms with van der Waals surface area (Å²) in [4.78, 5) is 0.915. The van der Waals surface area contributed by atoms with Crippen molar-refractivity contribution >= 4 is 38.6 Å². The van der Waals surface area contributed by atoms with Gasteiger partial charge in [-0.3, -0.25) is 0 Å².